The monoisotopic (exact) mass is 605 g/mol. The van der Waals surface area contributed by atoms with Crippen LogP contribution in [-0.2, 0) is 22.5 Å². The van der Waals surface area contributed by atoms with Crippen LogP contribution >= 0.6 is 15.9 Å². The lowest BCUT2D eigenvalue weighted by Gasteiger charge is -2.32. The van der Waals surface area contributed by atoms with Crippen LogP contribution in [0.1, 0.15) is 48.6 Å². The van der Waals surface area contributed by atoms with Gasteiger partial charge >= 0.3 is 0 Å². The third kappa shape index (κ3) is 6.65. The first kappa shape index (κ1) is 29.1. The number of hydrogen-bond acceptors (Lipinski definition) is 6. The van der Waals surface area contributed by atoms with E-state index in [2.05, 4.69) is 31.3 Å². The van der Waals surface area contributed by atoms with Gasteiger partial charge in [0.05, 0.1) is 13.2 Å². The van der Waals surface area contributed by atoms with Crippen molar-refractivity contribution in [1.82, 2.24) is 5.32 Å². The van der Waals surface area contributed by atoms with Crippen molar-refractivity contribution >= 4 is 27.7 Å². The molecule has 0 radical (unpaired) electrons. The molecule has 1 heterocycles. The molecule has 1 aliphatic rings. The van der Waals surface area contributed by atoms with Crippen LogP contribution in [-0.4, -0.2) is 41.7 Å². The van der Waals surface area contributed by atoms with Gasteiger partial charge in [-0.3, -0.25) is 4.79 Å². The van der Waals surface area contributed by atoms with E-state index in [-0.39, 0.29) is 31.5 Å². The molecular weight excluding hydrogens is 574 g/mol. The Bertz CT molecular complexity index is 1410. The number of halogens is 1. The maximum absolute atomic E-state index is 14.1. The number of carbonyl (C=O) groups excluding carboxylic acids is 1. The molecule has 9 nitrogen and oxygen atoms in total. The van der Waals surface area contributed by atoms with E-state index in [1.165, 1.54) is 0 Å². The number of aliphatic hydroxyl groups is 1. The van der Waals surface area contributed by atoms with Crippen LogP contribution in [0, 0.1) is 0 Å². The van der Waals surface area contributed by atoms with Crippen LogP contribution in [0.4, 0.5) is 0 Å². The normalized spacial score (nSPS) is 18.0. The third-order valence-electron chi connectivity index (χ3n) is 6.51. The Morgan fingerprint density at radius 1 is 1.15 bits per heavy atom. The summed E-state index contributed by atoms with van der Waals surface area (Å²) in [6.07, 6.45) is 0.00931. The van der Waals surface area contributed by atoms with Crippen molar-refractivity contribution in [3.05, 3.63) is 110 Å². The quantitative estimate of drug-likeness (QED) is 0.113. The molecule has 1 aliphatic heterocycles. The van der Waals surface area contributed by atoms with Crippen molar-refractivity contribution in [2.24, 2.45) is 10.1 Å². The van der Waals surface area contributed by atoms with Gasteiger partial charge in [-0.1, -0.05) is 63.5 Å². The van der Waals surface area contributed by atoms with Crippen molar-refractivity contribution in [3.8, 4) is 5.75 Å². The molecule has 0 bridgehead atoms. The highest BCUT2D eigenvalue weighted by atomic mass is 79.9. The summed E-state index contributed by atoms with van der Waals surface area (Å²) < 4.78 is 13.1. The first-order valence-electron chi connectivity index (χ1n) is 13.1. The van der Waals surface area contributed by atoms with E-state index in [0.717, 1.165) is 21.2 Å². The van der Waals surface area contributed by atoms with Crippen LogP contribution in [0.15, 0.2) is 87.4 Å². The smallest absolute Gasteiger partial charge is 0.252 e. The number of carbonyl (C=O) groups is 1. The van der Waals surface area contributed by atoms with E-state index in [1.807, 2.05) is 86.6 Å². The maximum Gasteiger partial charge on any atom is 0.252 e. The number of azide groups is 1. The number of rotatable bonds is 12. The van der Waals surface area contributed by atoms with E-state index in [0.29, 0.717) is 30.2 Å². The molecule has 2 atom stereocenters. The summed E-state index contributed by atoms with van der Waals surface area (Å²) in [7, 11) is 0. The summed E-state index contributed by atoms with van der Waals surface area (Å²) in [5.74, 6) is 0.723. The number of benzene rings is 3. The molecule has 3 aromatic rings. The van der Waals surface area contributed by atoms with Gasteiger partial charge in [-0.05, 0) is 66.4 Å². The van der Waals surface area contributed by atoms with Crippen LogP contribution in [0.5, 0.6) is 5.75 Å². The van der Waals surface area contributed by atoms with E-state index < -0.39 is 11.6 Å². The fourth-order valence-corrected chi connectivity index (χ4v) is 5.05. The Labute approximate surface area is 242 Å². The molecule has 3 aromatic carbocycles. The minimum absolute atomic E-state index is 0.0589. The number of nitrogens with one attached hydrogen (secondary N) is 1. The SMILES string of the molecule is CC(C)NC(=O)[C@]1(Cc2ccccc2Br)N=C(c2ccc(OCCCO)cc2)O[C@@H]1c1ccccc1CN=[N+]=[N-]. The molecule has 1 amide bonds. The van der Waals surface area contributed by atoms with Gasteiger partial charge in [0.15, 0.2) is 11.6 Å². The topological polar surface area (TPSA) is 129 Å². The van der Waals surface area contributed by atoms with Crippen molar-refractivity contribution in [2.75, 3.05) is 13.2 Å². The van der Waals surface area contributed by atoms with Gasteiger partial charge in [0.25, 0.3) is 5.91 Å². The first-order chi connectivity index (χ1) is 19.4. The van der Waals surface area contributed by atoms with Gasteiger partial charge in [-0.2, -0.15) is 0 Å². The average molecular weight is 607 g/mol. The third-order valence-corrected chi connectivity index (χ3v) is 7.28. The second-order valence-corrected chi connectivity index (χ2v) is 10.6. The number of nitrogens with zero attached hydrogens (tertiary/aromatic N) is 4. The maximum atomic E-state index is 14.1. The highest BCUT2D eigenvalue weighted by molar-refractivity contribution is 9.10. The van der Waals surface area contributed by atoms with Gasteiger partial charge in [-0.25, -0.2) is 4.99 Å². The Kier molecular flexibility index (Phi) is 9.82. The van der Waals surface area contributed by atoms with Gasteiger partial charge in [0, 0.05) is 40.4 Å². The molecule has 4 rings (SSSR count). The van der Waals surface area contributed by atoms with E-state index in [9.17, 15) is 4.79 Å². The second kappa shape index (κ2) is 13.5. The molecule has 2 N–H and O–H groups in total. The lowest BCUT2D eigenvalue weighted by molar-refractivity contribution is -0.129. The van der Waals surface area contributed by atoms with E-state index in [1.54, 1.807) is 0 Å². The molecule has 0 unspecified atom stereocenters. The van der Waals surface area contributed by atoms with Crippen LogP contribution in [0.2, 0.25) is 0 Å². The van der Waals surface area contributed by atoms with Crippen LogP contribution < -0.4 is 10.1 Å². The molecule has 0 saturated heterocycles. The molecule has 0 spiro atoms. The van der Waals surface area contributed by atoms with Crippen molar-refractivity contribution in [1.29, 1.82) is 0 Å². The predicted molar refractivity (Wildman–Crippen MR) is 157 cm³/mol. The molecule has 40 heavy (non-hydrogen) atoms. The van der Waals surface area contributed by atoms with Crippen molar-refractivity contribution < 1.29 is 19.4 Å². The zero-order valence-electron chi connectivity index (χ0n) is 22.5. The van der Waals surface area contributed by atoms with Crippen molar-refractivity contribution in [3.63, 3.8) is 0 Å². The molecule has 208 valence electrons. The predicted octanol–water partition coefficient (Wildman–Crippen LogP) is 6.04. The Morgan fingerprint density at radius 2 is 1.85 bits per heavy atom. The molecule has 0 saturated carbocycles. The van der Waals surface area contributed by atoms with Gasteiger partial charge < -0.3 is 19.9 Å². The number of ether oxygens (including phenoxy) is 2. The minimum atomic E-state index is -1.35. The van der Waals surface area contributed by atoms with E-state index >= 15 is 0 Å². The van der Waals surface area contributed by atoms with Crippen LogP contribution in [0.3, 0.4) is 0 Å². The standard InChI is InChI=1S/C30H32BrN5O4/c1-20(2)34-29(38)30(18-22-8-4-6-11-26(22)31)27(25-10-5-3-9-23(25)19-33-36-32)40-28(35-30)21-12-14-24(15-13-21)39-17-7-16-37/h3-6,8-15,20,27,37H,7,16-19H2,1-2H3,(H,34,38)/t27-,30-/m1/s1. The Hall–Kier alpha value is -3.85. The lowest BCUT2D eigenvalue weighted by Crippen LogP contribution is -2.51. The summed E-state index contributed by atoms with van der Waals surface area (Å²) in [5, 5.41) is 15.9. The van der Waals surface area contributed by atoms with E-state index in [4.69, 9.17) is 25.1 Å². The highest BCUT2D eigenvalue weighted by Crippen LogP contribution is 2.44. The highest BCUT2D eigenvalue weighted by Gasteiger charge is 2.54. The number of aliphatic imine (C=N–C) groups is 1. The van der Waals surface area contributed by atoms with Gasteiger partial charge in [0.2, 0.25) is 5.90 Å². The molecule has 0 fully saturated rings. The van der Waals surface area contributed by atoms with Crippen LogP contribution in [0.25, 0.3) is 10.4 Å². The Morgan fingerprint density at radius 3 is 2.52 bits per heavy atom. The molecular formula is C30H32BrN5O4. The lowest BCUT2D eigenvalue weighted by atomic mass is 9.80. The number of amides is 1. The molecule has 0 aromatic heterocycles. The largest absolute Gasteiger partial charge is 0.494 e. The molecule has 10 heteroatoms. The van der Waals surface area contributed by atoms with Crippen molar-refractivity contribution in [2.45, 2.75) is 50.9 Å². The van der Waals surface area contributed by atoms with Gasteiger partial charge in [0.1, 0.15) is 5.75 Å². The summed E-state index contributed by atoms with van der Waals surface area (Å²) in [4.78, 5) is 22.1. The fraction of sp³-hybridized carbons (Fsp3) is 0.333. The Balaban J connectivity index is 1.84. The fourth-order valence-electron chi connectivity index (χ4n) is 4.62. The van der Waals surface area contributed by atoms with Gasteiger partial charge in [-0.15, -0.1) is 0 Å². The summed E-state index contributed by atoms with van der Waals surface area (Å²) in [6, 6.07) is 22.4. The first-order valence-corrected chi connectivity index (χ1v) is 13.9. The summed E-state index contributed by atoms with van der Waals surface area (Å²) in [5.41, 5.74) is 10.7. The second-order valence-electron chi connectivity index (χ2n) is 9.77. The summed E-state index contributed by atoms with van der Waals surface area (Å²) in [6.45, 7) is 4.39. The number of aliphatic hydroxyl groups excluding tert-OH is 1. The zero-order chi connectivity index (χ0) is 28.5. The number of hydrogen-bond donors (Lipinski definition) is 2. The molecule has 0 aliphatic carbocycles. The average Bonchev–Trinajstić information content (AvgIpc) is 3.34. The zero-order valence-corrected chi connectivity index (χ0v) is 24.0. The summed E-state index contributed by atoms with van der Waals surface area (Å²) >= 11 is 3.64. The minimum Gasteiger partial charge on any atom is -0.494 e.